The Labute approximate surface area is 219 Å². The number of rotatable bonds is 8. The van der Waals surface area contributed by atoms with E-state index < -0.39 is 0 Å². The van der Waals surface area contributed by atoms with E-state index >= 15 is 0 Å². The third-order valence-corrected chi connectivity index (χ3v) is 6.80. The lowest BCUT2D eigenvalue weighted by Crippen LogP contribution is -2.13. The maximum absolute atomic E-state index is 12.6. The van der Waals surface area contributed by atoms with Crippen LogP contribution in [-0.2, 0) is 4.79 Å². The van der Waals surface area contributed by atoms with Gasteiger partial charge in [0.1, 0.15) is 5.82 Å². The first-order valence-electron chi connectivity index (χ1n) is 12.0. The minimum atomic E-state index is -0.237. The molecule has 1 amide bonds. The third kappa shape index (κ3) is 5.76. The molecule has 0 aliphatic heterocycles. The Bertz CT molecular complexity index is 1500. The normalized spacial score (nSPS) is 11.0. The molecular formula is C29H27N5O2S. The molecule has 0 fully saturated rings. The van der Waals surface area contributed by atoms with Gasteiger partial charge in [-0.3, -0.25) is 14.7 Å². The Morgan fingerprint density at radius 2 is 1.57 bits per heavy atom. The van der Waals surface area contributed by atoms with Crippen LogP contribution in [-0.4, -0.2) is 31.4 Å². The van der Waals surface area contributed by atoms with E-state index in [2.05, 4.69) is 77.8 Å². The fraction of sp³-hybridized carbons (Fsp3) is 0.138. The summed E-state index contributed by atoms with van der Waals surface area (Å²) < 4.78 is 1.40. The van der Waals surface area contributed by atoms with Crippen LogP contribution in [0.3, 0.4) is 0 Å². The first kappa shape index (κ1) is 24.4. The van der Waals surface area contributed by atoms with Gasteiger partial charge in [0.05, 0.1) is 17.1 Å². The van der Waals surface area contributed by atoms with Gasteiger partial charge in [0.2, 0.25) is 5.91 Å². The van der Waals surface area contributed by atoms with Crippen LogP contribution in [0.5, 0.6) is 0 Å². The number of thioether (sulfide) groups is 1. The molecule has 0 spiro atoms. The summed E-state index contributed by atoms with van der Waals surface area (Å²) in [7, 11) is 0. The number of carbonyl (C=O) groups excluding carboxylic acids is 1. The Morgan fingerprint density at radius 3 is 2.24 bits per heavy atom. The quantitative estimate of drug-likeness (QED) is 0.225. The van der Waals surface area contributed by atoms with E-state index in [4.69, 9.17) is 4.98 Å². The van der Waals surface area contributed by atoms with Gasteiger partial charge in [0.15, 0.2) is 5.16 Å². The lowest BCUT2D eigenvalue weighted by molar-refractivity contribution is -0.115. The first-order chi connectivity index (χ1) is 18.0. The average Bonchev–Trinajstić information content (AvgIpc) is 3.49. The largest absolute Gasteiger partial charge is 0.332 e. The van der Waals surface area contributed by atoms with Gasteiger partial charge >= 0.3 is 0 Å². The average molecular weight is 510 g/mol. The molecule has 3 N–H and O–H groups in total. The second kappa shape index (κ2) is 10.8. The highest BCUT2D eigenvalue weighted by Gasteiger charge is 2.15. The summed E-state index contributed by atoms with van der Waals surface area (Å²) in [5.41, 5.74) is 6.79. The molecule has 0 saturated heterocycles. The molecule has 0 unspecified atom stereocenters. The van der Waals surface area contributed by atoms with Crippen molar-refractivity contribution >= 4 is 23.5 Å². The van der Waals surface area contributed by atoms with Gasteiger partial charge in [-0.15, -0.1) is 0 Å². The molecule has 0 bridgehead atoms. The number of nitrogens with one attached hydrogen (secondary N) is 3. The van der Waals surface area contributed by atoms with E-state index in [-0.39, 0.29) is 17.9 Å². The summed E-state index contributed by atoms with van der Waals surface area (Å²) in [5, 5.41) is 6.47. The standard InChI is InChI=1S/C29H27N5O2S/c1-19-8-12-21(13-9-19)27-28(22-14-10-20(2)11-15-22)32-29(31-27)37-17-16-25(35)30-24-18-26(36)34(33-24)23-6-4-3-5-7-23/h3-15,18,33H,16-17H2,1-2H3,(H,30,35)(H,31,32). The number of aromatic nitrogens is 4. The fourth-order valence-corrected chi connectivity index (χ4v) is 4.76. The summed E-state index contributed by atoms with van der Waals surface area (Å²) in [5.74, 6) is 0.715. The summed E-state index contributed by atoms with van der Waals surface area (Å²) >= 11 is 1.49. The predicted octanol–water partition coefficient (Wildman–Crippen LogP) is 5.96. The number of anilines is 1. The SMILES string of the molecule is Cc1ccc(-c2nc(SCCC(=O)Nc3cc(=O)n(-c4ccccc4)[nH]3)[nH]c2-c2ccc(C)cc2)cc1. The van der Waals surface area contributed by atoms with E-state index in [0.29, 0.717) is 17.3 Å². The number of hydrogen-bond donors (Lipinski definition) is 3. The number of H-pyrrole nitrogens is 2. The van der Waals surface area contributed by atoms with Crippen LogP contribution in [0, 0.1) is 13.8 Å². The zero-order valence-electron chi connectivity index (χ0n) is 20.6. The van der Waals surface area contributed by atoms with Gasteiger partial charge in [0, 0.05) is 29.4 Å². The zero-order chi connectivity index (χ0) is 25.8. The topological polar surface area (TPSA) is 95.6 Å². The maximum Gasteiger partial charge on any atom is 0.273 e. The molecule has 2 heterocycles. The summed E-state index contributed by atoms with van der Waals surface area (Å²) in [6, 6.07) is 27.3. The third-order valence-electron chi connectivity index (χ3n) is 5.92. The van der Waals surface area contributed by atoms with Crippen LogP contribution in [0.1, 0.15) is 17.5 Å². The monoisotopic (exact) mass is 509 g/mol. The van der Waals surface area contributed by atoms with Crippen molar-refractivity contribution in [3.05, 3.63) is 106 Å². The highest BCUT2D eigenvalue weighted by Crippen LogP contribution is 2.33. The van der Waals surface area contributed by atoms with E-state index in [0.717, 1.165) is 27.7 Å². The van der Waals surface area contributed by atoms with E-state index in [1.807, 2.05) is 30.3 Å². The smallest absolute Gasteiger partial charge is 0.273 e. The van der Waals surface area contributed by atoms with Crippen molar-refractivity contribution in [1.82, 2.24) is 19.7 Å². The minimum absolute atomic E-state index is 0.182. The minimum Gasteiger partial charge on any atom is -0.332 e. The number of hydrogen-bond acceptors (Lipinski definition) is 4. The fourth-order valence-electron chi connectivity index (χ4n) is 3.95. The lowest BCUT2D eigenvalue weighted by atomic mass is 10.0. The van der Waals surface area contributed by atoms with Gasteiger partial charge in [-0.2, -0.15) is 0 Å². The molecule has 37 heavy (non-hydrogen) atoms. The van der Waals surface area contributed by atoms with Crippen molar-refractivity contribution in [2.45, 2.75) is 25.4 Å². The van der Waals surface area contributed by atoms with Crippen LogP contribution >= 0.6 is 11.8 Å². The zero-order valence-corrected chi connectivity index (χ0v) is 21.4. The Kier molecular flexibility index (Phi) is 7.09. The van der Waals surface area contributed by atoms with Crippen molar-refractivity contribution in [3.8, 4) is 28.2 Å². The van der Waals surface area contributed by atoms with Gasteiger partial charge in [-0.1, -0.05) is 89.6 Å². The Hall–Kier alpha value is -4.30. The second-order valence-corrected chi connectivity index (χ2v) is 9.91. The van der Waals surface area contributed by atoms with Crippen molar-refractivity contribution in [2.75, 3.05) is 11.1 Å². The van der Waals surface area contributed by atoms with Crippen molar-refractivity contribution in [1.29, 1.82) is 0 Å². The van der Waals surface area contributed by atoms with Crippen LogP contribution in [0.15, 0.2) is 94.9 Å². The lowest BCUT2D eigenvalue weighted by Gasteiger charge is -2.04. The molecule has 2 aromatic heterocycles. The molecule has 5 aromatic rings. The van der Waals surface area contributed by atoms with E-state index in [1.165, 1.54) is 33.6 Å². The highest BCUT2D eigenvalue weighted by atomic mass is 32.2. The van der Waals surface area contributed by atoms with Gasteiger partial charge in [-0.25, -0.2) is 9.67 Å². The number of aryl methyl sites for hydroxylation is 2. The van der Waals surface area contributed by atoms with E-state index in [1.54, 1.807) is 0 Å². The summed E-state index contributed by atoms with van der Waals surface area (Å²) in [6.45, 7) is 4.13. The summed E-state index contributed by atoms with van der Waals surface area (Å²) in [6.07, 6.45) is 0.268. The van der Waals surface area contributed by atoms with Crippen LogP contribution in [0.25, 0.3) is 28.2 Å². The predicted molar refractivity (Wildman–Crippen MR) is 149 cm³/mol. The van der Waals surface area contributed by atoms with E-state index in [9.17, 15) is 9.59 Å². The Morgan fingerprint density at radius 1 is 0.919 bits per heavy atom. The number of carbonyl (C=O) groups is 1. The molecule has 0 atom stereocenters. The number of amides is 1. The van der Waals surface area contributed by atoms with Crippen LogP contribution in [0.2, 0.25) is 0 Å². The molecule has 3 aromatic carbocycles. The Balaban J connectivity index is 1.27. The second-order valence-electron chi connectivity index (χ2n) is 8.82. The first-order valence-corrected chi connectivity index (χ1v) is 13.0. The molecule has 0 saturated carbocycles. The number of para-hydroxylation sites is 1. The van der Waals surface area contributed by atoms with Crippen LogP contribution < -0.4 is 10.9 Å². The van der Waals surface area contributed by atoms with Crippen molar-refractivity contribution < 1.29 is 4.79 Å². The van der Waals surface area contributed by atoms with Crippen molar-refractivity contribution in [2.24, 2.45) is 0 Å². The number of imidazole rings is 1. The molecule has 5 rings (SSSR count). The number of aromatic amines is 2. The molecule has 0 radical (unpaired) electrons. The van der Waals surface area contributed by atoms with Crippen molar-refractivity contribution in [3.63, 3.8) is 0 Å². The maximum atomic E-state index is 12.6. The van der Waals surface area contributed by atoms with Gasteiger partial charge in [-0.05, 0) is 26.0 Å². The van der Waals surface area contributed by atoms with Gasteiger partial charge in [0.25, 0.3) is 5.56 Å². The van der Waals surface area contributed by atoms with Gasteiger partial charge < -0.3 is 10.3 Å². The molecule has 8 heteroatoms. The number of nitrogens with zero attached hydrogens (tertiary/aromatic N) is 2. The highest BCUT2D eigenvalue weighted by molar-refractivity contribution is 7.99. The molecule has 186 valence electrons. The molecule has 0 aliphatic carbocycles. The molecule has 7 nitrogen and oxygen atoms in total. The molecule has 0 aliphatic rings. The molecular weight excluding hydrogens is 482 g/mol. The number of benzene rings is 3. The van der Waals surface area contributed by atoms with Crippen LogP contribution in [0.4, 0.5) is 5.82 Å². The summed E-state index contributed by atoms with van der Waals surface area (Å²) in [4.78, 5) is 33.2.